The molecule has 1 rings (SSSR count). The van der Waals surface area contributed by atoms with E-state index in [1.807, 2.05) is 11.8 Å². The predicted octanol–water partition coefficient (Wildman–Crippen LogP) is 1.03. The maximum atomic E-state index is 12.0. The van der Waals surface area contributed by atoms with Gasteiger partial charge in [-0.15, -0.1) is 0 Å². The fourth-order valence-electron chi connectivity index (χ4n) is 2.08. The molecule has 1 unspecified atom stereocenters. The van der Waals surface area contributed by atoms with Crippen molar-refractivity contribution in [3.8, 4) is 0 Å². The van der Waals surface area contributed by atoms with Gasteiger partial charge >= 0.3 is 0 Å². The summed E-state index contributed by atoms with van der Waals surface area (Å²) in [4.78, 5) is 13.9. The summed E-state index contributed by atoms with van der Waals surface area (Å²) in [6.07, 6.45) is 3.90. The summed E-state index contributed by atoms with van der Waals surface area (Å²) in [5.74, 6) is 0.405. The van der Waals surface area contributed by atoms with Gasteiger partial charge in [0.05, 0.1) is 6.61 Å². The summed E-state index contributed by atoms with van der Waals surface area (Å²) in [6, 6.07) is 0.370. The summed E-state index contributed by atoms with van der Waals surface area (Å²) in [5.41, 5.74) is 0. The van der Waals surface area contributed by atoms with Gasteiger partial charge in [-0.3, -0.25) is 4.79 Å². The molecular formula is C12H23NO3. The first kappa shape index (κ1) is 13.5. The van der Waals surface area contributed by atoms with Crippen LogP contribution >= 0.6 is 0 Å². The van der Waals surface area contributed by atoms with Crippen LogP contribution < -0.4 is 0 Å². The SMILES string of the molecule is COCC(C)CC(=O)N(CCO)C1CCC1. The molecule has 0 aromatic heterocycles. The second kappa shape index (κ2) is 6.86. The van der Waals surface area contributed by atoms with E-state index in [1.165, 1.54) is 6.42 Å². The number of carbonyl (C=O) groups excluding carboxylic acids is 1. The van der Waals surface area contributed by atoms with E-state index in [1.54, 1.807) is 7.11 Å². The second-order valence-corrected chi connectivity index (χ2v) is 4.66. The Labute approximate surface area is 97.6 Å². The van der Waals surface area contributed by atoms with Crippen LogP contribution in [0.15, 0.2) is 0 Å². The van der Waals surface area contributed by atoms with Gasteiger partial charge in [-0.05, 0) is 25.2 Å². The molecule has 0 bridgehead atoms. The number of hydrogen-bond donors (Lipinski definition) is 1. The van der Waals surface area contributed by atoms with Gasteiger partial charge in [0.2, 0.25) is 5.91 Å². The number of methoxy groups -OCH3 is 1. The van der Waals surface area contributed by atoms with Crippen molar-refractivity contribution < 1.29 is 14.6 Å². The van der Waals surface area contributed by atoms with Crippen LogP contribution in [0, 0.1) is 5.92 Å². The van der Waals surface area contributed by atoms with Crippen molar-refractivity contribution in [1.29, 1.82) is 0 Å². The molecule has 4 heteroatoms. The summed E-state index contributed by atoms with van der Waals surface area (Å²) < 4.78 is 5.02. The minimum Gasteiger partial charge on any atom is -0.395 e. The molecule has 0 aliphatic heterocycles. The third kappa shape index (κ3) is 3.76. The van der Waals surface area contributed by atoms with Crippen molar-refractivity contribution in [3.63, 3.8) is 0 Å². The van der Waals surface area contributed by atoms with Crippen molar-refractivity contribution in [2.24, 2.45) is 5.92 Å². The summed E-state index contributed by atoms with van der Waals surface area (Å²) in [6.45, 7) is 3.16. The van der Waals surface area contributed by atoms with Crippen LogP contribution in [0.2, 0.25) is 0 Å². The topological polar surface area (TPSA) is 49.8 Å². The van der Waals surface area contributed by atoms with E-state index in [4.69, 9.17) is 9.84 Å². The smallest absolute Gasteiger partial charge is 0.223 e. The minimum atomic E-state index is 0.0564. The molecule has 0 heterocycles. The molecule has 0 radical (unpaired) electrons. The maximum absolute atomic E-state index is 12.0. The quantitative estimate of drug-likeness (QED) is 0.709. The van der Waals surface area contributed by atoms with Crippen molar-refractivity contribution in [3.05, 3.63) is 0 Å². The Balaban J connectivity index is 2.40. The first-order valence-electron chi connectivity index (χ1n) is 6.08. The summed E-state index contributed by atoms with van der Waals surface area (Å²) in [5, 5.41) is 8.97. The summed E-state index contributed by atoms with van der Waals surface area (Å²) >= 11 is 0. The van der Waals surface area contributed by atoms with Gasteiger partial charge in [0.15, 0.2) is 0 Å². The van der Waals surface area contributed by atoms with Crippen LogP contribution in [0.25, 0.3) is 0 Å². The molecule has 0 spiro atoms. The molecule has 1 amide bonds. The summed E-state index contributed by atoms with van der Waals surface area (Å²) in [7, 11) is 1.65. The zero-order chi connectivity index (χ0) is 12.0. The number of rotatable bonds is 7. The van der Waals surface area contributed by atoms with E-state index < -0.39 is 0 Å². The fraction of sp³-hybridized carbons (Fsp3) is 0.917. The van der Waals surface area contributed by atoms with E-state index >= 15 is 0 Å². The van der Waals surface area contributed by atoms with Crippen molar-refractivity contribution in [2.45, 2.75) is 38.6 Å². The highest BCUT2D eigenvalue weighted by Crippen LogP contribution is 2.25. The van der Waals surface area contributed by atoms with Crippen LogP contribution in [0.3, 0.4) is 0 Å². The number of amides is 1. The first-order valence-corrected chi connectivity index (χ1v) is 6.08. The van der Waals surface area contributed by atoms with Crippen LogP contribution in [0.5, 0.6) is 0 Å². The van der Waals surface area contributed by atoms with Crippen LogP contribution in [-0.4, -0.2) is 48.8 Å². The molecule has 1 fully saturated rings. The highest BCUT2D eigenvalue weighted by Gasteiger charge is 2.28. The van der Waals surface area contributed by atoms with Gasteiger partial charge < -0.3 is 14.7 Å². The Bertz CT molecular complexity index is 216. The number of hydrogen-bond acceptors (Lipinski definition) is 3. The lowest BCUT2D eigenvalue weighted by molar-refractivity contribution is -0.137. The fourth-order valence-corrected chi connectivity index (χ4v) is 2.08. The van der Waals surface area contributed by atoms with E-state index in [2.05, 4.69) is 0 Å². The molecule has 1 atom stereocenters. The Hall–Kier alpha value is -0.610. The average Bonchev–Trinajstić information content (AvgIpc) is 2.14. The molecule has 94 valence electrons. The molecule has 0 aromatic carbocycles. The Kier molecular flexibility index (Phi) is 5.77. The van der Waals surface area contributed by atoms with Gasteiger partial charge in [-0.2, -0.15) is 0 Å². The number of ether oxygens (including phenoxy) is 1. The minimum absolute atomic E-state index is 0.0564. The van der Waals surface area contributed by atoms with Crippen molar-refractivity contribution >= 4 is 5.91 Å². The largest absolute Gasteiger partial charge is 0.395 e. The lowest BCUT2D eigenvalue weighted by atomic mass is 9.91. The molecule has 1 aliphatic rings. The van der Waals surface area contributed by atoms with Gasteiger partial charge in [0, 0.05) is 32.7 Å². The third-order valence-corrected chi connectivity index (χ3v) is 3.15. The lowest BCUT2D eigenvalue weighted by Crippen LogP contribution is -2.46. The van der Waals surface area contributed by atoms with Gasteiger partial charge in [0.1, 0.15) is 0 Å². The Morgan fingerprint density at radius 3 is 2.69 bits per heavy atom. The molecule has 16 heavy (non-hydrogen) atoms. The number of carbonyl (C=O) groups is 1. The monoisotopic (exact) mass is 229 g/mol. The normalized spacial score (nSPS) is 17.9. The van der Waals surface area contributed by atoms with E-state index in [-0.39, 0.29) is 18.4 Å². The van der Waals surface area contributed by atoms with Crippen molar-refractivity contribution in [2.75, 3.05) is 26.9 Å². The van der Waals surface area contributed by atoms with E-state index in [0.717, 1.165) is 12.8 Å². The van der Waals surface area contributed by atoms with Gasteiger partial charge in [-0.25, -0.2) is 0 Å². The second-order valence-electron chi connectivity index (χ2n) is 4.66. The first-order chi connectivity index (χ1) is 7.69. The highest BCUT2D eigenvalue weighted by molar-refractivity contribution is 5.76. The highest BCUT2D eigenvalue weighted by atomic mass is 16.5. The predicted molar refractivity (Wildman–Crippen MR) is 62.1 cm³/mol. The average molecular weight is 229 g/mol. The molecule has 0 aromatic rings. The Morgan fingerprint density at radius 2 is 2.25 bits per heavy atom. The van der Waals surface area contributed by atoms with Crippen LogP contribution in [0.4, 0.5) is 0 Å². The molecule has 1 aliphatic carbocycles. The molecular weight excluding hydrogens is 206 g/mol. The van der Waals surface area contributed by atoms with Crippen LogP contribution in [0.1, 0.15) is 32.6 Å². The number of aliphatic hydroxyl groups excluding tert-OH is 1. The zero-order valence-electron chi connectivity index (χ0n) is 10.3. The molecule has 4 nitrogen and oxygen atoms in total. The molecule has 1 N–H and O–H groups in total. The third-order valence-electron chi connectivity index (χ3n) is 3.15. The van der Waals surface area contributed by atoms with Gasteiger partial charge in [0.25, 0.3) is 0 Å². The number of nitrogens with zero attached hydrogens (tertiary/aromatic N) is 1. The van der Waals surface area contributed by atoms with Gasteiger partial charge in [-0.1, -0.05) is 6.92 Å². The van der Waals surface area contributed by atoms with Crippen molar-refractivity contribution in [1.82, 2.24) is 4.90 Å². The number of aliphatic hydroxyl groups is 1. The van der Waals surface area contributed by atoms with Crippen LogP contribution in [-0.2, 0) is 9.53 Å². The Morgan fingerprint density at radius 1 is 1.56 bits per heavy atom. The van der Waals surface area contributed by atoms with E-state index in [9.17, 15) is 4.79 Å². The van der Waals surface area contributed by atoms with E-state index in [0.29, 0.717) is 25.6 Å². The zero-order valence-corrected chi connectivity index (χ0v) is 10.3. The lowest BCUT2D eigenvalue weighted by Gasteiger charge is -2.37. The maximum Gasteiger partial charge on any atom is 0.223 e. The molecule has 1 saturated carbocycles. The standard InChI is InChI=1S/C12H23NO3/c1-10(9-16-2)8-12(15)13(6-7-14)11-4-3-5-11/h10-11,14H,3-9H2,1-2H3. The molecule has 0 saturated heterocycles.